The predicted octanol–water partition coefficient (Wildman–Crippen LogP) is 4.72. The van der Waals surface area contributed by atoms with Crippen LogP contribution in [-0.4, -0.2) is 26.9 Å². The summed E-state index contributed by atoms with van der Waals surface area (Å²) in [4.78, 5) is 8.50. The average molecular weight is 384 g/mol. The molecule has 4 aromatic rings. The molecule has 28 heavy (non-hydrogen) atoms. The van der Waals surface area contributed by atoms with Gasteiger partial charge in [-0.2, -0.15) is 18.3 Å². The predicted molar refractivity (Wildman–Crippen MR) is 98.7 cm³/mol. The van der Waals surface area contributed by atoms with Crippen molar-refractivity contribution in [3.05, 3.63) is 60.3 Å². The van der Waals surface area contributed by atoms with Crippen molar-refractivity contribution >= 4 is 11.0 Å². The van der Waals surface area contributed by atoms with Gasteiger partial charge in [-0.1, -0.05) is 30.3 Å². The minimum Gasteiger partial charge on any atom is -0.481 e. The molecule has 0 amide bonds. The fourth-order valence-corrected chi connectivity index (χ4v) is 3.07. The number of halogens is 3. The highest BCUT2D eigenvalue weighted by molar-refractivity contribution is 5.95. The molecule has 0 spiro atoms. The maximum atomic E-state index is 13.9. The fraction of sp³-hybridized carbons (Fsp3) is 0.150. The highest BCUT2D eigenvalue weighted by Crippen LogP contribution is 2.40. The molecule has 0 radical (unpaired) electrons. The summed E-state index contributed by atoms with van der Waals surface area (Å²) in [5.74, 6) is 0.368. The van der Waals surface area contributed by atoms with E-state index in [2.05, 4.69) is 15.1 Å². The third-order valence-corrected chi connectivity index (χ3v) is 4.39. The van der Waals surface area contributed by atoms with Gasteiger partial charge in [0.25, 0.3) is 0 Å². The van der Waals surface area contributed by atoms with E-state index >= 15 is 0 Å². The van der Waals surface area contributed by atoms with Crippen LogP contribution < -0.4 is 4.74 Å². The average Bonchev–Trinajstić information content (AvgIpc) is 3.04. The summed E-state index contributed by atoms with van der Waals surface area (Å²) in [7, 11) is 3.05. The molecule has 5 nitrogen and oxygen atoms in total. The smallest absolute Gasteiger partial charge is 0.417 e. The monoisotopic (exact) mass is 384 g/mol. The number of rotatable bonds is 3. The molecule has 0 unspecified atom stereocenters. The quantitative estimate of drug-likeness (QED) is 0.513. The maximum absolute atomic E-state index is 13.9. The zero-order valence-corrected chi connectivity index (χ0v) is 15.0. The van der Waals surface area contributed by atoms with Crippen molar-refractivity contribution in [2.45, 2.75) is 6.18 Å². The molecule has 0 saturated carbocycles. The highest BCUT2D eigenvalue weighted by atomic mass is 19.4. The van der Waals surface area contributed by atoms with E-state index in [1.54, 1.807) is 49.5 Å². The zero-order valence-electron chi connectivity index (χ0n) is 15.0. The van der Waals surface area contributed by atoms with E-state index in [1.807, 2.05) is 0 Å². The Hall–Kier alpha value is -3.42. The molecule has 142 valence electrons. The van der Waals surface area contributed by atoms with Gasteiger partial charge in [-0.05, 0) is 12.1 Å². The van der Waals surface area contributed by atoms with E-state index in [9.17, 15) is 13.2 Å². The second-order valence-corrected chi connectivity index (χ2v) is 6.18. The molecule has 3 heterocycles. The first-order chi connectivity index (χ1) is 13.4. The number of methoxy groups -OCH3 is 1. The van der Waals surface area contributed by atoms with Crippen molar-refractivity contribution in [2.75, 3.05) is 7.11 Å². The molecule has 0 aliphatic rings. The maximum Gasteiger partial charge on any atom is 0.417 e. The van der Waals surface area contributed by atoms with Crippen LogP contribution in [0.4, 0.5) is 13.2 Å². The number of pyridine rings is 2. The Bertz CT molecular complexity index is 1140. The lowest BCUT2D eigenvalue weighted by molar-refractivity contribution is -0.136. The fourth-order valence-electron chi connectivity index (χ4n) is 3.07. The number of hydrogen-bond acceptors (Lipinski definition) is 4. The van der Waals surface area contributed by atoms with Crippen LogP contribution in [0.25, 0.3) is 33.5 Å². The van der Waals surface area contributed by atoms with Gasteiger partial charge in [-0.25, -0.2) is 14.6 Å². The third-order valence-electron chi connectivity index (χ3n) is 4.39. The third kappa shape index (κ3) is 3.06. The van der Waals surface area contributed by atoms with Gasteiger partial charge < -0.3 is 4.74 Å². The van der Waals surface area contributed by atoms with Crippen LogP contribution in [0.2, 0.25) is 0 Å². The number of benzene rings is 1. The Morgan fingerprint density at radius 1 is 1.00 bits per heavy atom. The molecule has 8 heteroatoms. The van der Waals surface area contributed by atoms with Gasteiger partial charge in [-0.3, -0.25) is 0 Å². The number of aromatic nitrogens is 4. The normalized spacial score (nSPS) is 11.8. The second-order valence-electron chi connectivity index (χ2n) is 6.18. The van der Waals surface area contributed by atoms with E-state index in [0.717, 1.165) is 6.07 Å². The van der Waals surface area contributed by atoms with Gasteiger partial charge in [0.2, 0.25) is 5.88 Å². The van der Waals surface area contributed by atoms with Crippen molar-refractivity contribution in [3.8, 4) is 28.4 Å². The van der Waals surface area contributed by atoms with Gasteiger partial charge in [0.1, 0.15) is 5.69 Å². The Balaban J connectivity index is 2.00. The van der Waals surface area contributed by atoms with Gasteiger partial charge in [0.15, 0.2) is 5.65 Å². The van der Waals surface area contributed by atoms with Gasteiger partial charge in [0.05, 0.1) is 23.8 Å². The Kier molecular flexibility index (Phi) is 4.26. The molecule has 0 aliphatic carbocycles. The van der Waals surface area contributed by atoms with Crippen molar-refractivity contribution in [1.82, 2.24) is 19.7 Å². The molecular weight excluding hydrogens is 369 g/mol. The van der Waals surface area contributed by atoms with Crippen LogP contribution in [0, 0.1) is 0 Å². The van der Waals surface area contributed by atoms with Crippen LogP contribution in [0.15, 0.2) is 54.7 Å². The molecule has 0 aliphatic heterocycles. The minimum atomic E-state index is -4.57. The number of alkyl halides is 3. The largest absolute Gasteiger partial charge is 0.481 e. The Morgan fingerprint density at radius 3 is 2.36 bits per heavy atom. The molecule has 4 rings (SSSR count). The topological polar surface area (TPSA) is 52.8 Å². The molecule has 0 N–H and O–H groups in total. The van der Waals surface area contributed by atoms with E-state index in [-0.39, 0.29) is 22.4 Å². The molecule has 0 atom stereocenters. The van der Waals surface area contributed by atoms with E-state index in [1.165, 1.54) is 18.0 Å². The standard InChI is InChI=1S/C20H15F3N4O/c1-27-19-17(18(26-27)12-6-4-3-5-7-12)14(20(21,22)23)10-15(25-19)13-8-9-16(28-2)24-11-13/h3-11H,1-2H3. The summed E-state index contributed by atoms with van der Waals surface area (Å²) >= 11 is 0. The van der Waals surface area contributed by atoms with Crippen LogP contribution in [0.5, 0.6) is 5.88 Å². The first-order valence-corrected chi connectivity index (χ1v) is 8.39. The van der Waals surface area contributed by atoms with Crippen molar-refractivity contribution in [3.63, 3.8) is 0 Å². The summed E-state index contributed by atoms with van der Waals surface area (Å²) in [6, 6.07) is 13.0. The lowest BCUT2D eigenvalue weighted by Gasteiger charge is -2.12. The van der Waals surface area contributed by atoms with Crippen molar-refractivity contribution in [1.29, 1.82) is 0 Å². The Morgan fingerprint density at radius 2 is 1.75 bits per heavy atom. The molecule has 0 fully saturated rings. The number of ether oxygens (including phenoxy) is 1. The number of aryl methyl sites for hydroxylation is 1. The van der Waals surface area contributed by atoms with E-state index in [4.69, 9.17) is 4.74 Å². The summed E-state index contributed by atoms with van der Waals surface area (Å²) in [5.41, 5.74) is 0.833. The van der Waals surface area contributed by atoms with Crippen molar-refractivity contribution < 1.29 is 17.9 Å². The minimum absolute atomic E-state index is 0.0218. The Labute approximate surface area is 158 Å². The van der Waals surface area contributed by atoms with Crippen LogP contribution in [0.3, 0.4) is 0 Å². The molecule has 3 aromatic heterocycles. The summed E-state index contributed by atoms with van der Waals surface area (Å²) < 4.78 is 48.2. The summed E-state index contributed by atoms with van der Waals surface area (Å²) in [5, 5.41) is 4.29. The van der Waals surface area contributed by atoms with Crippen molar-refractivity contribution in [2.24, 2.45) is 7.05 Å². The first kappa shape index (κ1) is 18.0. The molecule has 0 bridgehead atoms. The lowest BCUT2D eigenvalue weighted by atomic mass is 10.0. The molecule has 1 aromatic carbocycles. The number of nitrogens with zero attached hydrogens (tertiary/aromatic N) is 4. The molecule has 0 saturated heterocycles. The highest BCUT2D eigenvalue weighted by Gasteiger charge is 2.36. The molecular formula is C20H15F3N4O. The lowest BCUT2D eigenvalue weighted by Crippen LogP contribution is -2.07. The number of fused-ring (bicyclic) bond motifs is 1. The summed E-state index contributed by atoms with van der Waals surface area (Å²) in [6.07, 6.45) is -3.13. The van der Waals surface area contributed by atoms with Crippen LogP contribution in [-0.2, 0) is 13.2 Å². The second kappa shape index (κ2) is 6.63. The van der Waals surface area contributed by atoms with Gasteiger partial charge >= 0.3 is 6.18 Å². The van der Waals surface area contributed by atoms with E-state index in [0.29, 0.717) is 17.0 Å². The van der Waals surface area contributed by atoms with E-state index < -0.39 is 11.7 Å². The van der Waals surface area contributed by atoms with Crippen LogP contribution in [0.1, 0.15) is 5.56 Å². The summed E-state index contributed by atoms with van der Waals surface area (Å²) in [6.45, 7) is 0. The zero-order chi connectivity index (χ0) is 19.9. The first-order valence-electron chi connectivity index (χ1n) is 8.39. The SMILES string of the molecule is COc1ccc(-c2cc(C(F)(F)F)c3c(-c4ccccc4)nn(C)c3n2)cn1. The van der Waals surface area contributed by atoms with Crippen LogP contribution >= 0.6 is 0 Å². The van der Waals surface area contributed by atoms with Gasteiger partial charge in [-0.15, -0.1) is 0 Å². The van der Waals surface area contributed by atoms with Gasteiger partial charge in [0, 0.05) is 30.4 Å². The number of hydrogen-bond donors (Lipinski definition) is 0.